The lowest BCUT2D eigenvalue weighted by Crippen LogP contribution is -2.07. The van der Waals surface area contributed by atoms with Crippen LogP contribution < -0.4 is 5.32 Å². The van der Waals surface area contributed by atoms with Crippen molar-refractivity contribution in [2.45, 2.75) is 6.42 Å². The van der Waals surface area contributed by atoms with E-state index in [0.29, 0.717) is 11.5 Å². The van der Waals surface area contributed by atoms with Crippen molar-refractivity contribution >= 4 is 16.7 Å². The summed E-state index contributed by atoms with van der Waals surface area (Å²) in [4.78, 5) is 12.5. The third-order valence-electron chi connectivity index (χ3n) is 3.18. The zero-order valence-electron chi connectivity index (χ0n) is 11.3. The second-order valence-corrected chi connectivity index (χ2v) is 4.57. The molecule has 102 valence electrons. The van der Waals surface area contributed by atoms with Gasteiger partial charge in [-0.15, -0.1) is 0 Å². The summed E-state index contributed by atoms with van der Waals surface area (Å²) in [6.07, 6.45) is 5.68. The number of hydrogen-bond donors (Lipinski definition) is 1. The van der Waals surface area contributed by atoms with Gasteiger partial charge in [-0.3, -0.25) is 4.98 Å². The Morgan fingerprint density at radius 2 is 1.95 bits per heavy atom. The lowest BCUT2D eigenvalue weighted by molar-refractivity contribution is 1.00. The number of anilines is 1. The van der Waals surface area contributed by atoms with Crippen LogP contribution in [0.25, 0.3) is 10.9 Å². The zero-order chi connectivity index (χ0) is 14.5. The Balaban J connectivity index is 1.68. The number of nitrogens with one attached hydrogen (secondary N) is 1. The van der Waals surface area contributed by atoms with Gasteiger partial charge in [-0.05, 0) is 18.1 Å². The van der Waals surface area contributed by atoms with Gasteiger partial charge in [-0.1, -0.05) is 24.3 Å². The molecule has 5 nitrogen and oxygen atoms in total. The van der Waals surface area contributed by atoms with Gasteiger partial charge in [0.15, 0.2) is 5.69 Å². The number of benzene rings is 1. The molecule has 5 heteroatoms. The molecule has 2 heterocycles. The maximum Gasteiger partial charge on any atom is 0.158 e. The second kappa shape index (κ2) is 5.97. The standard InChI is InChI=1S/C16H13N5/c17-9-14-10-21-15(11-20-14)18-8-6-13-4-1-3-12-5-2-7-19-16(12)13/h1-5,7,10-11H,6,8H2,(H,18,21). The quantitative estimate of drug-likeness (QED) is 0.792. The summed E-state index contributed by atoms with van der Waals surface area (Å²) in [6, 6.07) is 12.1. The molecular weight excluding hydrogens is 262 g/mol. The van der Waals surface area contributed by atoms with E-state index in [9.17, 15) is 0 Å². The van der Waals surface area contributed by atoms with Crippen LogP contribution in [-0.4, -0.2) is 21.5 Å². The molecule has 0 saturated heterocycles. The molecule has 0 amide bonds. The summed E-state index contributed by atoms with van der Waals surface area (Å²) in [7, 11) is 0. The molecule has 0 aliphatic rings. The summed E-state index contributed by atoms with van der Waals surface area (Å²) < 4.78 is 0. The van der Waals surface area contributed by atoms with Crippen LogP contribution in [0.3, 0.4) is 0 Å². The van der Waals surface area contributed by atoms with Gasteiger partial charge in [0.05, 0.1) is 17.9 Å². The molecule has 21 heavy (non-hydrogen) atoms. The Bertz CT molecular complexity index is 784. The smallest absolute Gasteiger partial charge is 0.158 e. The highest BCUT2D eigenvalue weighted by atomic mass is 15.0. The van der Waals surface area contributed by atoms with E-state index >= 15 is 0 Å². The van der Waals surface area contributed by atoms with Crippen molar-refractivity contribution < 1.29 is 0 Å². The van der Waals surface area contributed by atoms with Gasteiger partial charge in [-0.25, -0.2) is 9.97 Å². The van der Waals surface area contributed by atoms with Gasteiger partial charge in [0, 0.05) is 18.1 Å². The minimum atomic E-state index is 0.318. The normalized spacial score (nSPS) is 10.2. The minimum Gasteiger partial charge on any atom is -0.368 e. The molecule has 0 bridgehead atoms. The average molecular weight is 275 g/mol. The monoisotopic (exact) mass is 275 g/mol. The Kier molecular flexibility index (Phi) is 3.70. The van der Waals surface area contributed by atoms with E-state index in [1.807, 2.05) is 24.4 Å². The Labute approximate surface area is 122 Å². The molecule has 0 atom stereocenters. The molecule has 2 aromatic heterocycles. The average Bonchev–Trinajstić information content (AvgIpc) is 2.56. The number of nitriles is 1. The second-order valence-electron chi connectivity index (χ2n) is 4.57. The lowest BCUT2D eigenvalue weighted by Gasteiger charge is -2.07. The van der Waals surface area contributed by atoms with Crippen LogP contribution in [0.15, 0.2) is 48.9 Å². The molecule has 0 spiro atoms. The number of pyridine rings is 1. The maximum absolute atomic E-state index is 8.67. The van der Waals surface area contributed by atoms with E-state index in [0.717, 1.165) is 23.9 Å². The number of fused-ring (bicyclic) bond motifs is 1. The topological polar surface area (TPSA) is 74.5 Å². The summed E-state index contributed by atoms with van der Waals surface area (Å²) >= 11 is 0. The van der Waals surface area contributed by atoms with Crippen molar-refractivity contribution in [3.63, 3.8) is 0 Å². The number of hydrogen-bond acceptors (Lipinski definition) is 5. The molecule has 3 aromatic rings. The van der Waals surface area contributed by atoms with Crippen LogP contribution in [0, 0.1) is 11.3 Å². The molecule has 0 unspecified atom stereocenters. The first-order valence-electron chi connectivity index (χ1n) is 6.65. The fourth-order valence-corrected chi connectivity index (χ4v) is 2.17. The van der Waals surface area contributed by atoms with E-state index in [2.05, 4.69) is 38.5 Å². The molecule has 1 N–H and O–H groups in total. The fourth-order valence-electron chi connectivity index (χ4n) is 2.17. The van der Waals surface area contributed by atoms with Crippen LogP contribution in [0.5, 0.6) is 0 Å². The molecular formula is C16H13N5. The van der Waals surface area contributed by atoms with E-state index in [4.69, 9.17) is 5.26 Å². The third kappa shape index (κ3) is 2.95. The highest BCUT2D eigenvalue weighted by Crippen LogP contribution is 2.16. The van der Waals surface area contributed by atoms with Crippen LogP contribution in [0.4, 0.5) is 5.82 Å². The van der Waals surface area contributed by atoms with E-state index in [1.165, 1.54) is 11.8 Å². The largest absolute Gasteiger partial charge is 0.368 e. The predicted molar refractivity (Wildman–Crippen MR) is 80.7 cm³/mol. The van der Waals surface area contributed by atoms with Crippen molar-refractivity contribution in [3.8, 4) is 6.07 Å². The summed E-state index contributed by atoms with van der Waals surface area (Å²) in [5, 5.41) is 13.0. The van der Waals surface area contributed by atoms with Crippen LogP contribution >= 0.6 is 0 Å². The minimum absolute atomic E-state index is 0.318. The van der Waals surface area contributed by atoms with Gasteiger partial charge in [-0.2, -0.15) is 5.26 Å². The first-order valence-corrected chi connectivity index (χ1v) is 6.65. The summed E-state index contributed by atoms with van der Waals surface area (Å²) in [5.74, 6) is 0.669. The first kappa shape index (κ1) is 13.0. The Hall–Kier alpha value is -3.00. The SMILES string of the molecule is N#Cc1cnc(NCCc2cccc3cccnc23)cn1. The molecule has 0 saturated carbocycles. The van der Waals surface area contributed by atoms with E-state index < -0.39 is 0 Å². The number of para-hydroxylation sites is 1. The van der Waals surface area contributed by atoms with Gasteiger partial charge in [0.1, 0.15) is 11.9 Å². The van der Waals surface area contributed by atoms with Crippen molar-refractivity contribution in [1.82, 2.24) is 15.0 Å². The highest BCUT2D eigenvalue weighted by molar-refractivity contribution is 5.81. The van der Waals surface area contributed by atoms with Crippen molar-refractivity contribution in [2.24, 2.45) is 0 Å². The Morgan fingerprint density at radius 1 is 1.05 bits per heavy atom. The summed E-state index contributed by atoms with van der Waals surface area (Å²) in [5.41, 5.74) is 2.55. The zero-order valence-corrected chi connectivity index (χ0v) is 11.3. The van der Waals surface area contributed by atoms with Crippen molar-refractivity contribution in [1.29, 1.82) is 5.26 Å². The first-order chi connectivity index (χ1) is 10.4. The van der Waals surface area contributed by atoms with Crippen molar-refractivity contribution in [3.05, 3.63) is 60.2 Å². The molecule has 1 aromatic carbocycles. The lowest BCUT2D eigenvalue weighted by atomic mass is 10.1. The summed E-state index contributed by atoms with van der Waals surface area (Å²) in [6.45, 7) is 0.732. The number of aromatic nitrogens is 3. The number of nitrogens with zero attached hydrogens (tertiary/aromatic N) is 4. The molecule has 0 fully saturated rings. The van der Waals surface area contributed by atoms with Crippen LogP contribution in [0.2, 0.25) is 0 Å². The molecule has 0 aliphatic carbocycles. The van der Waals surface area contributed by atoms with E-state index in [-0.39, 0.29) is 0 Å². The fraction of sp³-hybridized carbons (Fsp3) is 0.125. The molecule has 0 aliphatic heterocycles. The van der Waals surface area contributed by atoms with Gasteiger partial charge in [0.25, 0.3) is 0 Å². The van der Waals surface area contributed by atoms with E-state index in [1.54, 1.807) is 6.20 Å². The third-order valence-corrected chi connectivity index (χ3v) is 3.18. The van der Waals surface area contributed by atoms with Crippen molar-refractivity contribution in [2.75, 3.05) is 11.9 Å². The van der Waals surface area contributed by atoms with Crippen LogP contribution in [-0.2, 0) is 6.42 Å². The van der Waals surface area contributed by atoms with Gasteiger partial charge in [0.2, 0.25) is 0 Å². The Morgan fingerprint density at radius 3 is 2.76 bits per heavy atom. The van der Waals surface area contributed by atoms with Gasteiger partial charge < -0.3 is 5.32 Å². The van der Waals surface area contributed by atoms with Crippen LogP contribution in [0.1, 0.15) is 11.3 Å². The number of rotatable bonds is 4. The predicted octanol–water partition coefficient (Wildman–Crippen LogP) is 2.55. The molecule has 3 rings (SSSR count). The maximum atomic E-state index is 8.67. The molecule has 0 radical (unpaired) electrons. The highest BCUT2D eigenvalue weighted by Gasteiger charge is 2.02. The van der Waals surface area contributed by atoms with Gasteiger partial charge >= 0.3 is 0 Å².